The van der Waals surface area contributed by atoms with Crippen LogP contribution in [0.4, 0.5) is 0 Å². The molecule has 0 aliphatic carbocycles. The van der Waals surface area contributed by atoms with E-state index in [1.165, 1.54) is 0 Å². The molecule has 6 heteroatoms. The van der Waals surface area contributed by atoms with E-state index in [0.717, 1.165) is 30.2 Å². The van der Waals surface area contributed by atoms with Crippen molar-refractivity contribution in [2.24, 2.45) is 0 Å². The highest BCUT2D eigenvalue weighted by atomic mass is 35.5. The summed E-state index contributed by atoms with van der Waals surface area (Å²) in [7, 11) is 5.28. The predicted octanol–water partition coefficient (Wildman–Crippen LogP) is 3.28. The van der Waals surface area contributed by atoms with Crippen molar-refractivity contribution in [3.63, 3.8) is 0 Å². The molecule has 0 spiro atoms. The number of methoxy groups -OCH3 is 2. The third-order valence-electron chi connectivity index (χ3n) is 3.65. The van der Waals surface area contributed by atoms with Gasteiger partial charge in [-0.25, -0.2) is 0 Å². The average Bonchev–Trinajstić information content (AvgIpc) is 2.95. The van der Waals surface area contributed by atoms with Gasteiger partial charge in [-0.2, -0.15) is 0 Å². The highest BCUT2D eigenvalue weighted by Gasteiger charge is 2.27. The van der Waals surface area contributed by atoms with Crippen molar-refractivity contribution in [2.45, 2.75) is 12.6 Å². The molecule has 0 bridgehead atoms. The molecular formula is C16H20ClNO4. The monoisotopic (exact) mass is 325 g/mol. The van der Waals surface area contributed by atoms with E-state index in [0.29, 0.717) is 11.5 Å². The summed E-state index contributed by atoms with van der Waals surface area (Å²) < 4.78 is 22.2. The van der Waals surface area contributed by atoms with E-state index in [2.05, 4.69) is 11.9 Å². The summed E-state index contributed by atoms with van der Waals surface area (Å²) in [5.41, 5.74) is 1.11. The summed E-state index contributed by atoms with van der Waals surface area (Å²) in [4.78, 5) is 2.18. The second kappa shape index (κ2) is 6.94. The lowest BCUT2D eigenvalue weighted by Gasteiger charge is -2.29. The normalized spacial score (nSPS) is 17.3. The zero-order chi connectivity index (χ0) is 14.8. The van der Waals surface area contributed by atoms with Crippen LogP contribution in [0.2, 0.25) is 0 Å². The van der Waals surface area contributed by atoms with Crippen LogP contribution in [0.5, 0.6) is 17.2 Å². The van der Waals surface area contributed by atoms with Crippen molar-refractivity contribution < 1.29 is 18.6 Å². The molecule has 5 nitrogen and oxygen atoms in total. The molecule has 22 heavy (non-hydrogen) atoms. The van der Waals surface area contributed by atoms with E-state index in [9.17, 15) is 0 Å². The van der Waals surface area contributed by atoms with Crippen LogP contribution in [0.3, 0.4) is 0 Å². The molecule has 0 saturated carbocycles. The van der Waals surface area contributed by atoms with Crippen molar-refractivity contribution >= 4 is 12.4 Å². The molecule has 3 rings (SSSR count). The second-order valence-electron chi connectivity index (χ2n) is 5.12. The highest BCUT2D eigenvalue weighted by Crippen LogP contribution is 2.35. The number of hydrogen-bond acceptors (Lipinski definition) is 5. The first kappa shape index (κ1) is 16.5. The number of halogens is 1. The summed E-state index contributed by atoms with van der Waals surface area (Å²) in [5.74, 6) is 3.07. The SMILES string of the molecule is COc1ccc(OC2CN(C)Cc3occc32)cc1OC.Cl. The molecule has 2 heterocycles. The fourth-order valence-corrected chi connectivity index (χ4v) is 2.61. The van der Waals surface area contributed by atoms with E-state index in [1.807, 2.05) is 24.3 Å². The number of hydrogen-bond donors (Lipinski definition) is 0. The van der Waals surface area contributed by atoms with Gasteiger partial charge in [0.2, 0.25) is 0 Å². The van der Waals surface area contributed by atoms with E-state index >= 15 is 0 Å². The Morgan fingerprint density at radius 3 is 2.64 bits per heavy atom. The zero-order valence-electron chi connectivity index (χ0n) is 12.9. The summed E-state index contributed by atoms with van der Waals surface area (Å²) >= 11 is 0. The van der Waals surface area contributed by atoms with Crippen molar-refractivity contribution in [3.05, 3.63) is 41.9 Å². The van der Waals surface area contributed by atoms with Crippen LogP contribution >= 0.6 is 12.4 Å². The van der Waals surface area contributed by atoms with Crippen molar-refractivity contribution in [1.82, 2.24) is 4.90 Å². The molecule has 0 radical (unpaired) electrons. The maximum atomic E-state index is 6.12. The Labute approximate surface area is 136 Å². The maximum Gasteiger partial charge on any atom is 0.164 e. The van der Waals surface area contributed by atoms with E-state index in [4.69, 9.17) is 18.6 Å². The molecule has 0 amide bonds. The van der Waals surface area contributed by atoms with Crippen molar-refractivity contribution in [1.29, 1.82) is 0 Å². The minimum Gasteiger partial charge on any atom is -0.493 e. The Kier molecular flexibility index (Phi) is 5.21. The average molecular weight is 326 g/mol. The van der Waals surface area contributed by atoms with Gasteiger partial charge in [-0.3, -0.25) is 4.90 Å². The molecule has 1 atom stereocenters. The lowest BCUT2D eigenvalue weighted by atomic mass is 10.1. The molecule has 0 saturated heterocycles. The molecule has 2 aromatic rings. The lowest BCUT2D eigenvalue weighted by Crippen LogP contribution is -2.32. The smallest absolute Gasteiger partial charge is 0.164 e. The first-order valence-electron chi connectivity index (χ1n) is 6.84. The largest absolute Gasteiger partial charge is 0.493 e. The molecule has 1 aromatic carbocycles. The third kappa shape index (κ3) is 3.15. The molecule has 1 aromatic heterocycles. The number of ether oxygens (including phenoxy) is 3. The Balaban J connectivity index is 0.00000176. The van der Waals surface area contributed by atoms with Gasteiger partial charge in [0.1, 0.15) is 17.6 Å². The highest BCUT2D eigenvalue weighted by molar-refractivity contribution is 5.85. The summed E-state index contributed by atoms with van der Waals surface area (Å²) in [6.45, 7) is 1.63. The number of rotatable bonds is 4. The minimum atomic E-state index is -0.0457. The van der Waals surface area contributed by atoms with Crippen LogP contribution in [-0.4, -0.2) is 32.7 Å². The van der Waals surface area contributed by atoms with E-state index < -0.39 is 0 Å². The van der Waals surface area contributed by atoms with Gasteiger partial charge in [-0.15, -0.1) is 12.4 Å². The molecule has 1 unspecified atom stereocenters. The lowest BCUT2D eigenvalue weighted by molar-refractivity contribution is 0.119. The molecule has 1 aliphatic heterocycles. The molecule has 0 N–H and O–H groups in total. The summed E-state index contributed by atoms with van der Waals surface area (Å²) in [5, 5.41) is 0. The first-order chi connectivity index (χ1) is 10.2. The van der Waals surface area contributed by atoms with Crippen LogP contribution in [0, 0.1) is 0 Å². The number of nitrogens with zero attached hydrogens (tertiary/aromatic N) is 1. The van der Waals surface area contributed by atoms with Crippen LogP contribution in [-0.2, 0) is 6.54 Å². The number of fused-ring (bicyclic) bond motifs is 1. The molecule has 1 aliphatic rings. The molecule has 0 fully saturated rings. The number of furan rings is 1. The Morgan fingerprint density at radius 2 is 1.91 bits per heavy atom. The summed E-state index contributed by atoms with van der Waals surface area (Å²) in [6, 6.07) is 7.55. The fraction of sp³-hybridized carbons (Fsp3) is 0.375. The van der Waals surface area contributed by atoms with Crippen LogP contribution in [0.1, 0.15) is 17.4 Å². The van der Waals surface area contributed by atoms with Crippen LogP contribution < -0.4 is 14.2 Å². The van der Waals surface area contributed by atoms with Crippen LogP contribution in [0.25, 0.3) is 0 Å². The standard InChI is InChI=1S/C16H19NO4.ClH/c1-17-9-15-12(6-7-20-15)16(10-17)21-11-4-5-13(18-2)14(8-11)19-3;/h4-8,16H,9-10H2,1-3H3;1H. The minimum absolute atomic E-state index is 0. The summed E-state index contributed by atoms with van der Waals surface area (Å²) in [6.07, 6.45) is 1.67. The quantitative estimate of drug-likeness (QED) is 0.863. The fourth-order valence-electron chi connectivity index (χ4n) is 2.61. The van der Waals surface area contributed by atoms with E-state index in [-0.39, 0.29) is 18.5 Å². The topological polar surface area (TPSA) is 44.1 Å². The predicted molar refractivity (Wildman–Crippen MR) is 85.2 cm³/mol. The van der Waals surface area contributed by atoms with Gasteiger partial charge < -0.3 is 18.6 Å². The Morgan fingerprint density at radius 1 is 1.14 bits per heavy atom. The van der Waals surface area contributed by atoms with Crippen molar-refractivity contribution in [3.8, 4) is 17.2 Å². The number of likely N-dealkylation sites (N-methyl/N-ethyl adjacent to an activating group) is 1. The van der Waals surface area contributed by atoms with Gasteiger partial charge in [-0.1, -0.05) is 0 Å². The van der Waals surface area contributed by atoms with Gasteiger partial charge in [0.15, 0.2) is 11.5 Å². The van der Waals surface area contributed by atoms with Crippen LogP contribution in [0.15, 0.2) is 34.9 Å². The Bertz CT molecular complexity index is 628. The van der Waals surface area contributed by atoms with Gasteiger partial charge in [0.25, 0.3) is 0 Å². The van der Waals surface area contributed by atoms with Gasteiger partial charge in [-0.05, 0) is 25.2 Å². The molecule has 120 valence electrons. The second-order valence-corrected chi connectivity index (χ2v) is 5.12. The van der Waals surface area contributed by atoms with Gasteiger partial charge in [0, 0.05) is 18.2 Å². The number of benzene rings is 1. The van der Waals surface area contributed by atoms with Gasteiger partial charge >= 0.3 is 0 Å². The Hall–Kier alpha value is -1.85. The third-order valence-corrected chi connectivity index (χ3v) is 3.65. The first-order valence-corrected chi connectivity index (χ1v) is 6.84. The maximum absolute atomic E-state index is 6.12. The zero-order valence-corrected chi connectivity index (χ0v) is 13.7. The molecular weight excluding hydrogens is 306 g/mol. The van der Waals surface area contributed by atoms with E-state index in [1.54, 1.807) is 20.5 Å². The van der Waals surface area contributed by atoms with Gasteiger partial charge in [0.05, 0.1) is 27.0 Å². The van der Waals surface area contributed by atoms with Crippen molar-refractivity contribution in [2.75, 3.05) is 27.8 Å².